The van der Waals surface area contributed by atoms with E-state index in [-0.39, 0.29) is 5.91 Å². The zero-order chi connectivity index (χ0) is 15.9. The number of carbonyl (C=O) groups excluding carboxylic acids is 1. The summed E-state index contributed by atoms with van der Waals surface area (Å²) in [5.74, 6) is 0.224. The quantitative estimate of drug-likeness (QED) is 0.753. The number of hydrogen-bond acceptors (Lipinski definition) is 3. The second-order valence-corrected chi connectivity index (χ2v) is 6.23. The van der Waals surface area contributed by atoms with Gasteiger partial charge in [0.05, 0.1) is 0 Å². The summed E-state index contributed by atoms with van der Waals surface area (Å²) in [6, 6.07) is 8.31. The third-order valence-electron chi connectivity index (χ3n) is 4.34. The van der Waals surface area contributed by atoms with Crippen LogP contribution < -0.4 is 4.90 Å². The van der Waals surface area contributed by atoms with Crippen molar-refractivity contribution in [2.45, 2.75) is 31.7 Å². The van der Waals surface area contributed by atoms with Gasteiger partial charge in [0.25, 0.3) is 0 Å². The second-order valence-electron chi connectivity index (χ2n) is 5.80. The fourth-order valence-corrected chi connectivity index (χ4v) is 3.04. The van der Waals surface area contributed by atoms with E-state index in [1.165, 1.54) is 5.69 Å². The van der Waals surface area contributed by atoms with Crippen LogP contribution in [0.4, 0.5) is 5.69 Å². The molecule has 1 fully saturated rings. The summed E-state index contributed by atoms with van der Waals surface area (Å²) in [7, 11) is 3.60. The Balaban J connectivity index is 1.81. The van der Waals surface area contributed by atoms with Gasteiger partial charge in [0.15, 0.2) is 0 Å². The summed E-state index contributed by atoms with van der Waals surface area (Å²) < 4.78 is 5.00. The van der Waals surface area contributed by atoms with Crippen LogP contribution in [0.3, 0.4) is 0 Å². The number of piperidine rings is 1. The number of methoxy groups -OCH3 is 1. The maximum absolute atomic E-state index is 12.1. The smallest absolute Gasteiger partial charge is 0.222 e. The number of ether oxygens (including phenoxy) is 1. The molecule has 0 bridgehead atoms. The summed E-state index contributed by atoms with van der Waals surface area (Å²) >= 11 is 5.93. The summed E-state index contributed by atoms with van der Waals surface area (Å²) in [6.07, 6.45) is 3.38. The average Bonchev–Trinajstić information content (AvgIpc) is 2.55. The first-order valence-corrected chi connectivity index (χ1v) is 8.24. The molecule has 1 aromatic rings. The highest BCUT2D eigenvalue weighted by Crippen LogP contribution is 2.24. The molecule has 0 spiro atoms. The lowest BCUT2D eigenvalue weighted by molar-refractivity contribution is -0.132. The van der Waals surface area contributed by atoms with Crippen molar-refractivity contribution in [2.24, 2.45) is 0 Å². The van der Waals surface area contributed by atoms with E-state index in [1.54, 1.807) is 7.11 Å². The lowest BCUT2D eigenvalue weighted by Crippen LogP contribution is -2.45. The first kappa shape index (κ1) is 17.1. The van der Waals surface area contributed by atoms with Crippen LogP contribution in [-0.4, -0.2) is 50.7 Å². The van der Waals surface area contributed by atoms with Crippen molar-refractivity contribution in [3.05, 3.63) is 29.3 Å². The third-order valence-corrected chi connectivity index (χ3v) is 4.59. The van der Waals surface area contributed by atoms with Crippen molar-refractivity contribution in [1.29, 1.82) is 0 Å². The van der Waals surface area contributed by atoms with Gasteiger partial charge in [-0.2, -0.15) is 0 Å². The second kappa shape index (κ2) is 8.39. The fraction of sp³-hybridized carbons (Fsp3) is 0.588. The van der Waals surface area contributed by atoms with Crippen molar-refractivity contribution >= 4 is 23.2 Å². The highest BCUT2D eigenvalue weighted by Gasteiger charge is 2.25. The van der Waals surface area contributed by atoms with Gasteiger partial charge in [0.2, 0.25) is 5.91 Å². The molecule has 0 unspecified atom stereocenters. The van der Waals surface area contributed by atoms with E-state index in [4.69, 9.17) is 16.3 Å². The Labute approximate surface area is 138 Å². The minimum absolute atomic E-state index is 0.224. The van der Waals surface area contributed by atoms with Gasteiger partial charge in [-0.3, -0.25) is 4.79 Å². The molecule has 122 valence electrons. The minimum Gasteiger partial charge on any atom is -0.385 e. The van der Waals surface area contributed by atoms with E-state index in [2.05, 4.69) is 17.0 Å². The number of benzene rings is 1. The molecule has 0 aliphatic carbocycles. The van der Waals surface area contributed by atoms with Gasteiger partial charge in [-0.25, -0.2) is 0 Å². The molecule has 1 saturated heterocycles. The van der Waals surface area contributed by atoms with Crippen LogP contribution in [0.2, 0.25) is 5.02 Å². The lowest BCUT2D eigenvalue weighted by atomic mass is 10.0. The zero-order valence-electron chi connectivity index (χ0n) is 13.4. The minimum atomic E-state index is 0.224. The standard InChI is InChI=1S/C17H25ClN2O2/c1-19(17(21)4-3-13-22-2)15-9-11-20(12-10-15)16-7-5-14(18)6-8-16/h5-8,15H,3-4,9-13H2,1-2H3. The number of nitrogens with zero attached hydrogens (tertiary/aromatic N) is 2. The maximum Gasteiger partial charge on any atom is 0.222 e. The molecule has 1 aliphatic rings. The van der Waals surface area contributed by atoms with Gasteiger partial charge < -0.3 is 14.5 Å². The van der Waals surface area contributed by atoms with E-state index in [9.17, 15) is 4.79 Å². The Morgan fingerprint density at radius 2 is 1.95 bits per heavy atom. The Kier molecular flexibility index (Phi) is 6.52. The van der Waals surface area contributed by atoms with Crippen molar-refractivity contribution in [3.8, 4) is 0 Å². The van der Waals surface area contributed by atoms with E-state index in [0.717, 1.165) is 37.4 Å². The number of carbonyl (C=O) groups is 1. The van der Waals surface area contributed by atoms with Crippen molar-refractivity contribution in [3.63, 3.8) is 0 Å². The highest BCUT2D eigenvalue weighted by molar-refractivity contribution is 6.30. The number of hydrogen-bond donors (Lipinski definition) is 0. The molecular weight excluding hydrogens is 300 g/mol. The van der Waals surface area contributed by atoms with Gasteiger partial charge in [-0.1, -0.05) is 11.6 Å². The zero-order valence-corrected chi connectivity index (χ0v) is 14.2. The van der Waals surface area contributed by atoms with Crippen LogP contribution in [0.1, 0.15) is 25.7 Å². The normalized spacial score (nSPS) is 15.9. The maximum atomic E-state index is 12.1. The first-order valence-electron chi connectivity index (χ1n) is 7.87. The number of rotatable bonds is 6. The summed E-state index contributed by atoms with van der Waals surface area (Å²) in [5, 5.41) is 0.764. The van der Waals surface area contributed by atoms with Crippen LogP contribution in [0.15, 0.2) is 24.3 Å². The van der Waals surface area contributed by atoms with Gasteiger partial charge in [0.1, 0.15) is 0 Å². The monoisotopic (exact) mass is 324 g/mol. The molecule has 0 aromatic heterocycles. The van der Waals surface area contributed by atoms with Crippen LogP contribution in [-0.2, 0) is 9.53 Å². The van der Waals surface area contributed by atoms with Gasteiger partial charge in [0, 0.05) is 57.0 Å². The van der Waals surface area contributed by atoms with E-state index < -0.39 is 0 Å². The van der Waals surface area contributed by atoms with Crippen LogP contribution in [0.25, 0.3) is 0 Å². The fourth-order valence-electron chi connectivity index (χ4n) is 2.91. The molecule has 1 aromatic carbocycles. The third kappa shape index (κ3) is 4.62. The molecule has 1 heterocycles. The number of amides is 1. The average molecular weight is 325 g/mol. The van der Waals surface area contributed by atoms with Gasteiger partial charge in [-0.15, -0.1) is 0 Å². The van der Waals surface area contributed by atoms with Crippen molar-refractivity contribution in [1.82, 2.24) is 4.90 Å². The van der Waals surface area contributed by atoms with Crippen LogP contribution in [0.5, 0.6) is 0 Å². The number of halogens is 1. The topological polar surface area (TPSA) is 32.8 Å². The molecule has 4 nitrogen and oxygen atoms in total. The van der Waals surface area contributed by atoms with Gasteiger partial charge >= 0.3 is 0 Å². The summed E-state index contributed by atoms with van der Waals surface area (Å²) in [4.78, 5) is 16.4. The Morgan fingerprint density at radius 1 is 1.32 bits per heavy atom. The molecule has 0 radical (unpaired) electrons. The van der Waals surface area contributed by atoms with Crippen LogP contribution in [0, 0.1) is 0 Å². The Morgan fingerprint density at radius 3 is 2.55 bits per heavy atom. The SMILES string of the molecule is COCCCC(=O)N(C)C1CCN(c2ccc(Cl)cc2)CC1. The summed E-state index contributed by atoms with van der Waals surface area (Å²) in [6.45, 7) is 2.60. The molecule has 0 N–H and O–H groups in total. The Bertz CT molecular complexity index is 470. The predicted molar refractivity (Wildman–Crippen MR) is 90.6 cm³/mol. The molecule has 0 saturated carbocycles. The predicted octanol–water partition coefficient (Wildman–Crippen LogP) is 3.19. The van der Waals surface area contributed by atoms with Crippen molar-refractivity contribution < 1.29 is 9.53 Å². The lowest BCUT2D eigenvalue weighted by Gasteiger charge is -2.38. The first-order chi connectivity index (χ1) is 10.6. The summed E-state index contributed by atoms with van der Waals surface area (Å²) in [5.41, 5.74) is 1.21. The number of anilines is 1. The van der Waals surface area contributed by atoms with E-state index in [0.29, 0.717) is 19.1 Å². The molecular formula is C17H25ClN2O2. The molecule has 2 rings (SSSR count). The van der Waals surface area contributed by atoms with E-state index in [1.807, 2.05) is 24.1 Å². The highest BCUT2D eigenvalue weighted by atomic mass is 35.5. The molecule has 5 heteroatoms. The molecule has 22 heavy (non-hydrogen) atoms. The largest absolute Gasteiger partial charge is 0.385 e. The molecule has 1 aliphatic heterocycles. The Hall–Kier alpha value is -1.26. The molecule has 0 atom stereocenters. The van der Waals surface area contributed by atoms with Crippen LogP contribution >= 0.6 is 11.6 Å². The molecule has 1 amide bonds. The van der Waals surface area contributed by atoms with E-state index >= 15 is 0 Å². The van der Waals surface area contributed by atoms with Gasteiger partial charge in [-0.05, 0) is 43.5 Å². The van der Waals surface area contributed by atoms with Crippen molar-refractivity contribution in [2.75, 3.05) is 38.8 Å².